The number of nitrogens with one attached hydrogen (secondary N) is 3. The van der Waals surface area contributed by atoms with Gasteiger partial charge in [-0.3, -0.25) is 4.79 Å². The SMILES string of the molecule is O=C(CCCC[C@@H]1SC[C@@H]2NC(=O)N[C@@H]21)Nc1cccc(I)c1. The first-order chi connectivity index (χ1) is 11.1. The third-order valence-electron chi connectivity index (χ3n) is 4.19. The van der Waals surface area contributed by atoms with Crippen molar-refractivity contribution in [3.05, 3.63) is 27.8 Å². The number of urea groups is 1. The number of carbonyl (C=O) groups excluding carboxylic acids is 2. The summed E-state index contributed by atoms with van der Waals surface area (Å²) < 4.78 is 1.11. The highest BCUT2D eigenvalue weighted by molar-refractivity contribution is 14.1. The highest BCUT2D eigenvalue weighted by Gasteiger charge is 2.42. The molecule has 23 heavy (non-hydrogen) atoms. The maximum absolute atomic E-state index is 12.0. The zero-order valence-electron chi connectivity index (χ0n) is 12.7. The Morgan fingerprint density at radius 1 is 1.35 bits per heavy atom. The number of amides is 3. The van der Waals surface area contributed by atoms with Crippen LogP contribution in [0.3, 0.4) is 0 Å². The molecule has 0 aliphatic carbocycles. The van der Waals surface area contributed by atoms with Gasteiger partial charge in [-0.2, -0.15) is 11.8 Å². The normalized spacial score (nSPS) is 25.6. The van der Waals surface area contributed by atoms with Crippen molar-refractivity contribution in [3.63, 3.8) is 0 Å². The van der Waals surface area contributed by atoms with Gasteiger partial charge in [0.25, 0.3) is 0 Å². The Morgan fingerprint density at radius 3 is 3.04 bits per heavy atom. The van der Waals surface area contributed by atoms with E-state index in [1.54, 1.807) is 0 Å². The Kier molecular flexibility index (Phi) is 5.68. The minimum atomic E-state index is -0.0397. The third-order valence-corrected chi connectivity index (χ3v) is 6.37. The van der Waals surface area contributed by atoms with Crippen molar-refractivity contribution in [1.82, 2.24) is 10.6 Å². The van der Waals surface area contributed by atoms with Gasteiger partial charge >= 0.3 is 6.03 Å². The van der Waals surface area contributed by atoms with Gasteiger partial charge in [0, 0.05) is 26.7 Å². The quantitative estimate of drug-likeness (QED) is 0.358. The van der Waals surface area contributed by atoms with Crippen LogP contribution in [-0.2, 0) is 4.79 Å². The molecule has 0 bridgehead atoms. The lowest BCUT2D eigenvalue weighted by Gasteiger charge is -2.16. The van der Waals surface area contributed by atoms with Gasteiger partial charge < -0.3 is 16.0 Å². The number of hydrogen-bond acceptors (Lipinski definition) is 3. The van der Waals surface area contributed by atoms with Crippen LogP contribution < -0.4 is 16.0 Å². The fourth-order valence-electron chi connectivity index (χ4n) is 3.06. The number of benzene rings is 1. The van der Waals surface area contributed by atoms with Crippen molar-refractivity contribution in [2.24, 2.45) is 0 Å². The summed E-state index contributed by atoms with van der Waals surface area (Å²) in [5.41, 5.74) is 0.857. The first-order valence-corrected chi connectivity index (χ1v) is 9.98. The van der Waals surface area contributed by atoms with Gasteiger partial charge in [-0.05, 0) is 53.6 Å². The van der Waals surface area contributed by atoms with Gasteiger partial charge in [0.15, 0.2) is 0 Å². The fraction of sp³-hybridized carbons (Fsp3) is 0.500. The number of hydrogen-bond donors (Lipinski definition) is 3. The first kappa shape index (κ1) is 16.9. The molecule has 0 saturated carbocycles. The molecule has 3 N–H and O–H groups in total. The monoisotopic (exact) mass is 445 g/mol. The van der Waals surface area contributed by atoms with Crippen molar-refractivity contribution < 1.29 is 9.59 Å². The van der Waals surface area contributed by atoms with E-state index < -0.39 is 0 Å². The summed E-state index contributed by atoms with van der Waals surface area (Å²) in [7, 11) is 0. The van der Waals surface area contributed by atoms with E-state index in [2.05, 4.69) is 38.5 Å². The second-order valence-corrected chi connectivity index (χ2v) is 8.44. The summed E-state index contributed by atoms with van der Waals surface area (Å²) in [6, 6.07) is 8.31. The summed E-state index contributed by atoms with van der Waals surface area (Å²) in [4.78, 5) is 23.3. The van der Waals surface area contributed by atoms with Crippen LogP contribution in [0.1, 0.15) is 25.7 Å². The molecule has 0 spiro atoms. The smallest absolute Gasteiger partial charge is 0.315 e. The highest BCUT2D eigenvalue weighted by atomic mass is 127. The van der Waals surface area contributed by atoms with Gasteiger partial charge in [-0.15, -0.1) is 0 Å². The number of fused-ring (bicyclic) bond motifs is 1. The molecule has 3 rings (SSSR count). The standard InChI is InChI=1S/C16H20IN3O2S/c17-10-4-3-5-11(8-10)18-14(21)7-2-1-6-13-15-12(9-23-13)19-16(22)20-15/h3-5,8,12-13,15H,1-2,6-7,9H2,(H,18,21)(H2,19,20,22)/t12-,13-,15-/m0/s1. The molecular weight excluding hydrogens is 425 g/mol. The lowest BCUT2D eigenvalue weighted by molar-refractivity contribution is -0.116. The number of rotatable bonds is 6. The molecule has 2 aliphatic heterocycles. The molecule has 2 heterocycles. The molecule has 1 aromatic rings. The van der Waals surface area contributed by atoms with Crippen molar-refractivity contribution in [1.29, 1.82) is 0 Å². The van der Waals surface area contributed by atoms with E-state index in [0.717, 1.165) is 34.3 Å². The van der Waals surface area contributed by atoms with E-state index >= 15 is 0 Å². The summed E-state index contributed by atoms with van der Waals surface area (Å²) >= 11 is 4.15. The molecule has 2 aliphatic rings. The van der Waals surface area contributed by atoms with Gasteiger partial charge in [0.2, 0.25) is 5.91 Å². The van der Waals surface area contributed by atoms with E-state index in [4.69, 9.17) is 0 Å². The molecular formula is C16H20IN3O2S. The summed E-state index contributed by atoms with van der Waals surface area (Å²) in [5.74, 6) is 1.06. The maximum atomic E-state index is 12.0. The maximum Gasteiger partial charge on any atom is 0.315 e. The summed E-state index contributed by atoms with van der Waals surface area (Å²) in [6.07, 6.45) is 3.48. The van der Waals surface area contributed by atoms with Crippen LogP contribution in [0.5, 0.6) is 0 Å². The van der Waals surface area contributed by atoms with Gasteiger partial charge in [-0.25, -0.2) is 4.79 Å². The zero-order valence-corrected chi connectivity index (χ0v) is 15.7. The van der Waals surface area contributed by atoms with Crippen LogP contribution in [0, 0.1) is 3.57 Å². The van der Waals surface area contributed by atoms with Crippen LogP contribution in [0.25, 0.3) is 0 Å². The summed E-state index contributed by atoms with van der Waals surface area (Å²) in [6.45, 7) is 0. The lowest BCUT2D eigenvalue weighted by atomic mass is 10.0. The van der Waals surface area contributed by atoms with Crippen LogP contribution in [-0.4, -0.2) is 35.0 Å². The Morgan fingerprint density at radius 2 is 2.22 bits per heavy atom. The van der Waals surface area contributed by atoms with E-state index in [-0.39, 0.29) is 24.0 Å². The topological polar surface area (TPSA) is 70.2 Å². The second kappa shape index (κ2) is 7.74. The van der Waals surface area contributed by atoms with Crippen LogP contribution >= 0.6 is 34.4 Å². The minimum absolute atomic E-state index is 0.0397. The van der Waals surface area contributed by atoms with Crippen LogP contribution in [0.2, 0.25) is 0 Å². The van der Waals surface area contributed by atoms with Crippen LogP contribution in [0.4, 0.5) is 10.5 Å². The molecule has 3 amide bonds. The van der Waals surface area contributed by atoms with E-state index in [1.165, 1.54) is 0 Å². The van der Waals surface area contributed by atoms with Gasteiger partial charge in [0.1, 0.15) is 0 Å². The van der Waals surface area contributed by atoms with Crippen LogP contribution in [0.15, 0.2) is 24.3 Å². The molecule has 124 valence electrons. The molecule has 7 heteroatoms. The Bertz CT molecular complexity index is 598. The predicted molar refractivity (Wildman–Crippen MR) is 102 cm³/mol. The minimum Gasteiger partial charge on any atom is -0.332 e. The summed E-state index contributed by atoms with van der Waals surface area (Å²) in [5, 5.41) is 9.36. The Balaban J connectivity index is 1.35. The molecule has 2 fully saturated rings. The lowest BCUT2D eigenvalue weighted by Crippen LogP contribution is -2.36. The molecule has 3 atom stereocenters. The highest BCUT2D eigenvalue weighted by Crippen LogP contribution is 2.33. The molecule has 0 unspecified atom stereocenters. The van der Waals surface area contributed by atoms with Crippen molar-refractivity contribution in [3.8, 4) is 0 Å². The number of unbranched alkanes of at least 4 members (excludes halogenated alkanes) is 1. The van der Waals surface area contributed by atoms with Gasteiger partial charge in [-0.1, -0.05) is 12.5 Å². The number of halogens is 1. The van der Waals surface area contributed by atoms with E-state index in [9.17, 15) is 9.59 Å². The third kappa shape index (κ3) is 4.53. The molecule has 0 aromatic heterocycles. The second-order valence-electron chi connectivity index (χ2n) is 5.93. The fourth-order valence-corrected chi connectivity index (χ4v) is 5.15. The van der Waals surface area contributed by atoms with Crippen molar-refractivity contribution in [2.75, 3.05) is 11.1 Å². The van der Waals surface area contributed by atoms with E-state index in [1.807, 2.05) is 36.0 Å². The van der Waals surface area contributed by atoms with Crippen molar-refractivity contribution >= 4 is 52.0 Å². The Labute approximate surface area is 153 Å². The van der Waals surface area contributed by atoms with E-state index in [0.29, 0.717) is 11.7 Å². The predicted octanol–water partition coefficient (Wildman–Crippen LogP) is 2.96. The molecule has 1 aromatic carbocycles. The van der Waals surface area contributed by atoms with Gasteiger partial charge in [0.05, 0.1) is 12.1 Å². The largest absolute Gasteiger partial charge is 0.332 e. The average Bonchev–Trinajstić information content (AvgIpc) is 3.03. The zero-order chi connectivity index (χ0) is 16.2. The Hall–Kier alpha value is -0.960. The average molecular weight is 445 g/mol. The number of carbonyl (C=O) groups is 2. The molecule has 5 nitrogen and oxygen atoms in total. The van der Waals surface area contributed by atoms with Crippen molar-refractivity contribution in [2.45, 2.75) is 43.0 Å². The molecule has 2 saturated heterocycles. The number of anilines is 1. The number of thioether (sulfide) groups is 1. The molecule has 0 radical (unpaired) electrons. The first-order valence-electron chi connectivity index (χ1n) is 7.86.